The standard InChI is InChI=1S/C10H11NO3/c1-7(12)11-9-4-2-3-8(5-9)6-10(13)14/h2-5H,6H2,1H3,(H,11,12)(H,13,14). The molecule has 0 aromatic heterocycles. The molecular formula is C10H11NO3. The van der Waals surface area contributed by atoms with Gasteiger partial charge in [-0.15, -0.1) is 0 Å². The number of benzene rings is 1. The number of nitrogens with one attached hydrogen (secondary N) is 1. The fourth-order valence-corrected chi connectivity index (χ4v) is 1.14. The first-order valence-electron chi connectivity index (χ1n) is 4.16. The van der Waals surface area contributed by atoms with Crippen LogP contribution < -0.4 is 5.32 Å². The Morgan fingerprint density at radius 2 is 2.14 bits per heavy atom. The summed E-state index contributed by atoms with van der Waals surface area (Å²) in [5, 5.41) is 11.1. The Kier molecular flexibility index (Phi) is 3.23. The minimum Gasteiger partial charge on any atom is -0.481 e. The molecule has 0 unspecified atom stereocenters. The maximum atomic E-state index is 10.7. The quantitative estimate of drug-likeness (QED) is 0.759. The van der Waals surface area contributed by atoms with Crippen LogP contribution in [0.5, 0.6) is 0 Å². The molecule has 2 N–H and O–H groups in total. The summed E-state index contributed by atoms with van der Waals surface area (Å²) < 4.78 is 0. The normalized spacial score (nSPS) is 9.50. The zero-order valence-electron chi connectivity index (χ0n) is 7.78. The highest BCUT2D eigenvalue weighted by atomic mass is 16.4. The van der Waals surface area contributed by atoms with Crippen molar-refractivity contribution < 1.29 is 14.7 Å². The van der Waals surface area contributed by atoms with Crippen molar-refractivity contribution in [1.82, 2.24) is 0 Å². The predicted octanol–water partition coefficient (Wildman–Crippen LogP) is 1.27. The molecule has 0 radical (unpaired) electrons. The van der Waals surface area contributed by atoms with Crippen molar-refractivity contribution in [3.8, 4) is 0 Å². The number of hydrogen-bond donors (Lipinski definition) is 2. The van der Waals surface area contributed by atoms with Crippen LogP contribution in [0.2, 0.25) is 0 Å². The number of carboxylic acids is 1. The first kappa shape index (κ1) is 10.2. The average molecular weight is 193 g/mol. The monoisotopic (exact) mass is 193 g/mol. The minimum absolute atomic E-state index is 0.0343. The van der Waals surface area contributed by atoms with Gasteiger partial charge in [0, 0.05) is 12.6 Å². The SMILES string of the molecule is CC(=O)Nc1cccc(CC(=O)O)c1. The fraction of sp³-hybridized carbons (Fsp3) is 0.200. The summed E-state index contributed by atoms with van der Waals surface area (Å²) in [6.45, 7) is 1.41. The van der Waals surface area contributed by atoms with Gasteiger partial charge in [-0.3, -0.25) is 9.59 Å². The lowest BCUT2D eigenvalue weighted by Crippen LogP contribution is -2.06. The molecule has 1 rings (SSSR count). The van der Waals surface area contributed by atoms with Crippen LogP contribution in [0.25, 0.3) is 0 Å². The summed E-state index contributed by atoms with van der Waals surface area (Å²) in [7, 11) is 0. The molecule has 0 aliphatic rings. The summed E-state index contributed by atoms with van der Waals surface area (Å²) in [4.78, 5) is 21.1. The van der Waals surface area contributed by atoms with E-state index in [0.717, 1.165) is 0 Å². The zero-order valence-corrected chi connectivity index (χ0v) is 7.78. The third kappa shape index (κ3) is 3.26. The van der Waals surface area contributed by atoms with Crippen LogP contribution in [0, 0.1) is 0 Å². The molecule has 0 saturated heterocycles. The van der Waals surface area contributed by atoms with E-state index in [9.17, 15) is 9.59 Å². The van der Waals surface area contributed by atoms with E-state index in [1.165, 1.54) is 6.92 Å². The van der Waals surface area contributed by atoms with E-state index in [-0.39, 0.29) is 12.3 Å². The molecule has 14 heavy (non-hydrogen) atoms. The Morgan fingerprint density at radius 3 is 2.71 bits per heavy atom. The molecule has 1 aromatic carbocycles. The predicted molar refractivity (Wildman–Crippen MR) is 52.1 cm³/mol. The van der Waals surface area contributed by atoms with Gasteiger partial charge < -0.3 is 10.4 Å². The molecule has 0 aliphatic heterocycles. The Bertz CT molecular complexity index is 329. The fourth-order valence-electron chi connectivity index (χ4n) is 1.14. The van der Waals surface area contributed by atoms with Crippen molar-refractivity contribution in [3.05, 3.63) is 29.8 Å². The van der Waals surface area contributed by atoms with Gasteiger partial charge >= 0.3 is 5.97 Å². The van der Waals surface area contributed by atoms with Gasteiger partial charge in [0.1, 0.15) is 0 Å². The van der Waals surface area contributed by atoms with E-state index < -0.39 is 5.97 Å². The molecule has 0 heterocycles. The summed E-state index contributed by atoms with van der Waals surface area (Å²) in [5.74, 6) is -1.05. The van der Waals surface area contributed by atoms with Crippen LogP contribution in [-0.4, -0.2) is 17.0 Å². The highest BCUT2D eigenvalue weighted by Crippen LogP contribution is 2.10. The molecule has 4 nitrogen and oxygen atoms in total. The molecule has 0 bridgehead atoms. The van der Waals surface area contributed by atoms with Gasteiger partial charge in [-0.05, 0) is 17.7 Å². The Balaban J connectivity index is 2.78. The first-order chi connectivity index (χ1) is 6.58. The topological polar surface area (TPSA) is 66.4 Å². The van der Waals surface area contributed by atoms with Crippen LogP contribution in [0.1, 0.15) is 12.5 Å². The molecule has 0 saturated carbocycles. The number of rotatable bonds is 3. The summed E-state index contributed by atoms with van der Waals surface area (Å²) in [6.07, 6.45) is -0.0343. The van der Waals surface area contributed by atoms with Gasteiger partial charge in [-0.2, -0.15) is 0 Å². The minimum atomic E-state index is -0.884. The Labute approximate surface area is 81.6 Å². The van der Waals surface area contributed by atoms with Gasteiger partial charge in [0.05, 0.1) is 6.42 Å². The van der Waals surface area contributed by atoms with Crippen molar-refractivity contribution in [3.63, 3.8) is 0 Å². The second-order valence-electron chi connectivity index (χ2n) is 2.95. The van der Waals surface area contributed by atoms with Crippen LogP contribution in [0.3, 0.4) is 0 Å². The molecular weight excluding hydrogens is 182 g/mol. The van der Waals surface area contributed by atoms with Crippen LogP contribution in [-0.2, 0) is 16.0 Å². The second kappa shape index (κ2) is 4.41. The van der Waals surface area contributed by atoms with Crippen LogP contribution in [0.4, 0.5) is 5.69 Å². The van der Waals surface area contributed by atoms with Gasteiger partial charge in [0.2, 0.25) is 5.91 Å². The first-order valence-corrected chi connectivity index (χ1v) is 4.16. The second-order valence-corrected chi connectivity index (χ2v) is 2.95. The lowest BCUT2D eigenvalue weighted by atomic mass is 10.1. The van der Waals surface area contributed by atoms with Gasteiger partial charge in [-0.1, -0.05) is 12.1 Å². The van der Waals surface area contributed by atoms with Crippen molar-refractivity contribution in [2.24, 2.45) is 0 Å². The van der Waals surface area contributed by atoms with Crippen molar-refractivity contribution in [2.45, 2.75) is 13.3 Å². The van der Waals surface area contributed by atoms with E-state index in [2.05, 4.69) is 5.32 Å². The highest BCUT2D eigenvalue weighted by molar-refractivity contribution is 5.88. The van der Waals surface area contributed by atoms with E-state index in [0.29, 0.717) is 11.3 Å². The van der Waals surface area contributed by atoms with Crippen LogP contribution >= 0.6 is 0 Å². The zero-order chi connectivity index (χ0) is 10.6. The largest absolute Gasteiger partial charge is 0.481 e. The van der Waals surface area contributed by atoms with E-state index in [1.54, 1.807) is 24.3 Å². The number of hydrogen-bond acceptors (Lipinski definition) is 2. The number of amides is 1. The van der Waals surface area contributed by atoms with Crippen molar-refractivity contribution >= 4 is 17.6 Å². The molecule has 0 spiro atoms. The Hall–Kier alpha value is -1.84. The number of carbonyl (C=O) groups excluding carboxylic acids is 1. The lowest BCUT2D eigenvalue weighted by Gasteiger charge is -2.03. The smallest absolute Gasteiger partial charge is 0.307 e. The molecule has 0 fully saturated rings. The molecule has 0 atom stereocenters. The van der Waals surface area contributed by atoms with E-state index in [1.807, 2.05) is 0 Å². The lowest BCUT2D eigenvalue weighted by molar-refractivity contribution is -0.136. The third-order valence-corrected chi connectivity index (χ3v) is 1.60. The van der Waals surface area contributed by atoms with Gasteiger partial charge in [0.15, 0.2) is 0 Å². The molecule has 0 aliphatic carbocycles. The van der Waals surface area contributed by atoms with Crippen molar-refractivity contribution in [2.75, 3.05) is 5.32 Å². The van der Waals surface area contributed by atoms with Crippen molar-refractivity contribution in [1.29, 1.82) is 0 Å². The van der Waals surface area contributed by atoms with Gasteiger partial charge in [-0.25, -0.2) is 0 Å². The number of aliphatic carboxylic acids is 1. The van der Waals surface area contributed by atoms with Crippen LogP contribution in [0.15, 0.2) is 24.3 Å². The van der Waals surface area contributed by atoms with E-state index in [4.69, 9.17) is 5.11 Å². The average Bonchev–Trinajstić information content (AvgIpc) is 2.01. The van der Waals surface area contributed by atoms with E-state index >= 15 is 0 Å². The molecule has 4 heteroatoms. The summed E-state index contributed by atoms with van der Waals surface area (Å²) >= 11 is 0. The summed E-state index contributed by atoms with van der Waals surface area (Å²) in [5.41, 5.74) is 1.29. The van der Waals surface area contributed by atoms with Gasteiger partial charge in [0.25, 0.3) is 0 Å². The maximum Gasteiger partial charge on any atom is 0.307 e. The molecule has 1 aromatic rings. The molecule has 1 amide bonds. The molecule has 74 valence electrons. The number of carbonyl (C=O) groups is 2. The number of anilines is 1. The Morgan fingerprint density at radius 1 is 1.43 bits per heavy atom. The maximum absolute atomic E-state index is 10.7. The summed E-state index contributed by atoms with van der Waals surface area (Å²) in [6, 6.07) is 6.78. The third-order valence-electron chi connectivity index (χ3n) is 1.60. The highest BCUT2D eigenvalue weighted by Gasteiger charge is 2.01. The number of carboxylic acid groups (broad SMARTS) is 1.